The fourth-order valence-corrected chi connectivity index (χ4v) is 5.86. The van der Waals surface area contributed by atoms with Gasteiger partial charge in [0.2, 0.25) is 0 Å². The number of amides is 1. The summed E-state index contributed by atoms with van der Waals surface area (Å²) in [5, 5.41) is 7.34. The minimum absolute atomic E-state index is 0. The van der Waals surface area contributed by atoms with Crippen molar-refractivity contribution in [2.24, 2.45) is 11.3 Å². The van der Waals surface area contributed by atoms with Crippen molar-refractivity contribution in [3.63, 3.8) is 0 Å². The van der Waals surface area contributed by atoms with E-state index < -0.39 is 0 Å². The summed E-state index contributed by atoms with van der Waals surface area (Å²) in [5.41, 5.74) is 2.15. The van der Waals surface area contributed by atoms with Crippen LogP contribution in [0.4, 0.5) is 0 Å². The van der Waals surface area contributed by atoms with E-state index in [2.05, 4.69) is 35.4 Å². The first-order valence-electron chi connectivity index (χ1n) is 12.5. The highest BCUT2D eigenvalue weighted by molar-refractivity contribution is 6.33. The summed E-state index contributed by atoms with van der Waals surface area (Å²) in [7, 11) is 0. The number of rotatable bonds is 12. The van der Waals surface area contributed by atoms with Crippen LogP contribution in [0.5, 0.6) is 0 Å². The highest BCUT2D eigenvalue weighted by Gasteiger charge is 2.39. The van der Waals surface area contributed by atoms with Gasteiger partial charge in [-0.15, -0.1) is 0 Å². The van der Waals surface area contributed by atoms with E-state index in [1.165, 1.54) is 50.5 Å². The molecule has 4 nitrogen and oxygen atoms in total. The van der Waals surface area contributed by atoms with Crippen LogP contribution in [0.3, 0.4) is 0 Å². The molecule has 2 aliphatic rings. The molecular formula is C27H44ClN3O. The molecule has 1 amide bonds. The smallest absolute Gasteiger partial charge is 0.252 e. The van der Waals surface area contributed by atoms with E-state index >= 15 is 0 Å². The zero-order valence-electron chi connectivity index (χ0n) is 20.4. The van der Waals surface area contributed by atoms with Gasteiger partial charge in [-0.05, 0) is 80.8 Å². The van der Waals surface area contributed by atoms with Crippen molar-refractivity contribution in [1.29, 1.82) is 0 Å². The molecule has 2 bridgehead atoms. The molecule has 0 saturated heterocycles. The van der Waals surface area contributed by atoms with Gasteiger partial charge >= 0.3 is 0 Å². The van der Waals surface area contributed by atoms with Gasteiger partial charge in [-0.2, -0.15) is 0 Å². The molecule has 2 fully saturated rings. The van der Waals surface area contributed by atoms with Crippen LogP contribution in [0.25, 0.3) is 0 Å². The number of fused-ring (bicyclic) bond motifs is 2. The molecule has 1 aromatic rings. The molecule has 0 unspecified atom stereocenters. The molecule has 0 atom stereocenters. The number of nitrogens with one attached hydrogen (secondary N) is 2. The van der Waals surface area contributed by atoms with Gasteiger partial charge in [0.1, 0.15) is 0 Å². The zero-order valence-corrected chi connectivity index (χ0v) is 21.1. The van der Waals surface area contributed by atoms with Crippen LogP contribution in [0.1, 0.15) is 81.1 Å². The molecule has 0 heterocycles. The molecular weight excluding hydrogens is 418 g/mol. The minimum atomic E-state index is -0.00808. The van der Waals surface area contributed by atoms with E-state index in [4.69, 9.17) is 11.6 Å². The van der Waals surface area contributed by atoms with E-state index in [0.29, 0.717) is 16.0 Å². The SMILES string of the molecule is CCN(CC)CCNCCCc1ccc(Cl)c(C(=O)NCC23CCCC(CCC2)C3)c1.[CH2]. The number of carbonyl (C=O) groups is 1. The van der Waals surface area contributed by atoms with E-state index in [9.17, 15) is 4.79 Å². The fourth-order valence-electron chi connectivity index (χ4n) is 5.65. The van der Waals surface area contributed by atoms with Gasteiger partial charge in [-0.3, -0.25) is 4.79 Å². The molecule has 3 rings (SSSR count). The molecule has 0 aromatic heterocycles. The lowest BCUT2D eigenvalue weighted by atomic mass is 9.62. The summed E-state index contributed by atoms with van der Waals surface area (Å²) in [6.45, 7) is 10.6. The maximum absolute atomic E-state index is 12.9. The van der Waals surface area contributed by atoms with Crippen molar-refractivity contribution in [3.8, 4) is 0 Å². The van der Waals surface area contributed by atoms with E-state index in [1.54, 1.807) is 0 Å². The van der Waals surface area contributed by atoms with Gasteiger partial charge in [0.15, 0.2) is 0 Å². The number of benzene rings is 1. The van der Waals surface area contributed by atoms with Crippen LogP contribution in [0.15, 0.2) is 18.2 Å². The molecule has 180 valence electrons. The third-order valence-electron chi connectivity index (χ3n) is 7.58. The normalized spacial score (nSPS) is 22.4. The second kappa shape index (κ2) is 13.6. The average Bonchev–Trinajstić information content (AvgIpc) is 2.78. The van der Waals surface area contributed by atoms with Gasteiger partial charge in [-0.25, -0.2) is 0 Å². The quantitative estimate of drug-likeness (QED) is 0.397. The van der Waals surface area contributed by atoms with Gasteiger partial charge in [0, 0.05) is 19.6 Å². The molecule has 2 aliphatic carbocycles. The highest BCUT2D eigenvalue weighted by atomic mass is 35.5. The Kier molecular flexibility index (Phi) is 11.5. The Labute approximate surface area is 201 Å². The van der Waals surface area contributed by atoms with Gasteiger partial charge in [-0.1, -0.05) is 64.6 Å². The first-order chi connectivity index (χ1) is 15.0. The monoisotopic (exact) mass is 461 g/mol. The Balaban J connectivity index is 0.00000363. The number of aryl methyl sites for hydroxylation is 1. The van der Waals surface area contributed by atoms with Crippen LogP contribution >= 0.6 is 11.6 Å². The topological polar surface area (TPSA) is 44.4 Å². The van der Waals surface area contributed by atoms with Crippen molar-refractivity contribution in [3.05, 3.63) is 41.8 Å². The molecule has 0 spiro atoms. The summed E-state index contributed by atoms with van der Waals surface area (Å²) in [6.07, 6.45) is 11.2. The molecule has 32 heavy (non-hydrogen) atoms. The van der Waals surface area contributed by atoms with Crippen LogP contribution in [-0.4, -0.2) is 50.1 Å². The van der Waals surface area contributed by atoms with E-state index in [0.717, 1.165) is 58.0 Å². The molecule has 2 radical (unpaired) electrons. The summed E-state index contributed by atoms with van der Waals surface area (Å²) in [5.74, 6) is 0.873. The largest absolute Gasteiger partial charge is 0.351 e. The Morgan fingerprint density at radius 1 is 1.16 bits per heavy atom. The van der Waals surface area contributed by atoms with Crippen molar-refractivity contribution >= 4 is 17.5 Å². The zero-order chi connectivity index (χ0) is 22.1. The standard InChI is InChI=1S/C26H42ClN3O.CH2/c1-3-30(4-2)17-16-28-15-7-10-21-11-12-24(27)23(18-21)25(31)29-20-26-13-5-8-22(19-26)9-6-14-26;/h11-12,18,22,28H,3-10,13-17,19-20H2,1-2H3,(H,29,31);1H2. The number of likely N-dealkylation sites (N-methyl/N-ethyl adjacent to an activating group) is 1. The lowest BCUT2D eigenvalue weighted by Gasteiger charge is -2.45. The average molecular weight is 462 g/mol. The molecule has 1 aromatic carbocycles. The maximum Gasteiger partial charge on any atom is 0.252 e. The summed E-state index contributed by atoms with van der Waals surface area (Å²) >= 11 is 6.40. The number of carbonyl (C=O) groups excluding carboxylic acids is 1. The maximum atomic E-state index is 12.9. The van der Waals surface area contributed by atoms with Crippen LogP contribution in [0, 0.1) is 18.8 Å². The molecule has 0 aliphatic heterocycles. The summed E-state index contributed by atoms with van der Waals surface area (Å²) in [4.78, 5) is 15.4. The number of halogens is 1. The lowest BCUT2D eigenvalue weighted by molar-refractivity contribution is 0.0682. The third kappa shape index (κ3) is 7.74. The Morgan fingerprint density at radius 2 is 1.88 bits per heavy atom. The van der Waals surface area contributed by atoms with Gasteiger partial charge < -0.3 is 15.5 Å². The fraction of sp³-hybridized carbons (Fsp3) is 0.704. The Bertz CT molecular complexity index is 694. The summed E-state index contributed by atoms with van der Waals surface area (Å²) in [6, 6.07) is 5.94. The van der Waals surface area contributed by atoms with Crippen LogP contribution in [0.2, 0.25) is 5.02 Å². The predicted molar refractivity (Wildman–Crippen MR) is 136 cm³/mol. The predicted octanol–water partition coefficient (Wildman–Crippen LogP) is 5.62. The Morgan fingerprint density at radius 3 is 2.56 bits per heavy atom. The lowest BCUT2D eigenvalue weighted by Crippen LogP contribution is -2.43. The highest BCUT2D eigenvalue weighted by Crippen LogP contribution is 2.48. The second-order valence-corrected chi connectivity index (χ2v) is 10.1. The Hall–Kier alpha value is -1.10. The van der Waals surface area contributed by atoms with Crippen molar-refractivity contribution < 1.29 is 4.79 Å². The van der Waals surface area contributed by atoms with E-state index in [1.807, 2.05) is 12.1 Å². The number of hydrogen-bond donors (Lipinski definition) is 2. The molecule has 2 saturated carbocycles. The summed E-state index contributed by atoms with van der Waals surface area (Å²) < 4.78 is 0. The molecule has 2 N–H and O–H groups in total. The van der Waals surface area contributed by atoms with Crippen LogP contribution in [-0.2, 0) is 6.42 Å². The van der Waals surface area contributed by atoms with Crippen molar-refractivity contribution in [2.75, 3.05) is 39.3 Å². The first-order valence-corrected chi connectivity index (χ1v) is 12.9. The molecule has 5 heteroatoms. The third-order valence-corrected chi connectivity index (χ3v) is 7.91. The number of nitrogens with zero attached hydrogens (tertiary/aromatic N) is 1. The first kappa shape index (κ1) is 27.1. The second-order valence-electron chi connectivity index (χ2n) is 9.73. The van der Waals surface area contributed by atoms with Crippen molar-refractivity contribution in [1.82, 2.24) is 15.5 Å². The van der Waals surface area contributed by atoms with Crippen molar-refractivity contribution in [2.45, 2.75) is 71.6 Å². The van der Waals surface area contributed by atoms with Gasteiger partial charge in [0.05, 0.1) is 10.6 Å². The van der Waals surface area contributed by atoms with Crippen LogP contribution < -0.4 is 10.6 Å². The minimum Gasteiger partial charge on any atom is -0.351 e. The van der Waals surface area contributed by atoms with E-state index in [-0.39, 0.29) is 13.3 Å². The number of hydrogen-bond acceptors (Lipinski definition) is 3. The van der Waals surface area contributed by atoms with Gasteiger partial charge in [0.25, 0.3) is 5.91 Å².